The van der Waals surface area contributed by atoms with E-state index in [1.807, 2.05) is 0 Å². The molecule has 1 rings (SSSR count). The van der Waals surface area contributed by atoms with Crippen LogP contribution < -0.4 is 0 Å². The van der Waals surface area contributed by atoms with E-state index < -0.39 is 0 Å². The summed E-state index contributed by atoms with van der Waals surface area (Å²) in [6.07, 6.45) is 5.13. The average molecular weight is 154 g/mol. The summed E-state index contributed by atoms with van der Waals surface area (Å²) in [6.45, 7) is 5.81. The van der Waals surface area contributed by atoms with Gasteiger partial charge in [0.15, 0.2) is 0 Å². The Labute approximate surface area is 69.2 Å². The Morgan fingerprint density at radius 2 is 2.00 bits per heavy atom. The van der Waals surface area contributed by atoms with Gasteiger partial charge in [0.1, 0.15) is 5.78 Å². The maximum atomic E-state index is 11.1. The van der Waals surface area contributed by atoms with Crippen molar-refractivity contribution < 1.29 is 4.79 Å². The zero-order valence-electron chi connectivity index (χ0n) is 7.81. The Morgan fingerprint density at radius 1 is 1.45 bits per heavy atom. The molecule has 0 aromatic heterocycles. The van der Waals surface area contributed by atoms with Crippen LogP contribution in [0.4, 0.5) is 0 Å². The van der Waals surface area contributed by atoms with Crippen LogP contribution >= 0.6 is 0 Å². The van der Waals surface area contributed by atoms with Gasteiger partial charge >= 0.3 is 0 Å². The van der Waals surface area contributed by atoms with Crippen molar-refractivity contribution in [2.45, 2.75) is 46.5 Å². The average Bonchev–Trinajstić information content (AvgIpc) is 2.65. The van der Waals surface area contributed by atoms with Gasteiger partial charge in [-0.05, 0) is 25.7 Å². The quantitative estimate of drug-likeness (QED) is 0.608. The van der Waals surface area contributed by atoms with Gasteiger partial charge in [0.05, 0.1) is 0 Å². The molecule has 1 aliphatic rings. The molecule has 1 saturated carbocycles. The molecule has 0 bridgehead atoms. The van der Waals surface area contributed by atoms with E-state index in [0.29, 0.717) is 5.78 Å². The molecule has 0 spiro atoms. The van der Waals surface area contributed by atoms with Crippen LogP contribution in [-0.4, -0.2) is 5.78 Å². The summed E-state index contributed by atoms with van der Waals surface area (Å²) in [5, 5.41) is 0. The molecule has 1 aliphatic carbocycles. The van der Waals surface area contributed by atoms with Gasteiger partial charge in [0.25, 0.3) is 0 Å². The topological polar surface area (TPSA) is 17.1 Å². The molecule has 0 unspecified atom stereocenters. The van der Waals surface area contributed by atoms with Crippen molar-refractivity contribution in [3.05, 3.63) is 0 Å². The van der Waals surface area contributed by atoms with E-state index in [0.717, 1.165) is 12.3 Å². The normalized spacial score (nSPS) is 18.5. The Morgan fingerprint density at radius 3 is 2.36 bits per heavy atom. The first-order valence-corrected chi connectivity index (χ1v) is 4.53. The lowest BCUT2D eigenvalue weighted by molar-refractivity contribution is -0.125. The highest BCUT2D eigenvalue weighted by Crippen LogP contribution is 2.37. The molecule has 0 atom stereocenters. The molecule has 64 valence electrons. The molecule has 1 fully saturated rings. The van der Waals surface area contributed by atoms with E-state index in [9.17, 15) is 4.79 Å². The van der Waals surface area contributed by atoms with E-state index in [-0.39, 0.29) is 5.41 Å². The predicted octanol–water partition coefficient (Wildman–Crippen LogP) is 2.79. The molecular weight excluding hydrogens is 136 g/mol. The van der Waals surface area contributed by atoms with Gasteiger partial charge in [-0.1, -0.05) is 26.7 Å². The minimum absolute atomic E-state index is 0.0669. The zero-order chi connectivity index (χ0) is 8.48. The summed E-state index contributed by atoms with van der Waals surface area (Å²) in [4.78, 5) is 11.1. The van der Waals surface area contributed by atoms with Crippen LogP contribution in [0.1, 0.15) is 46.5 Å². The van der Waals surface area contributed by atoms with E-state index in [1.54, 1.807) is 6.92 Å². The van der Waals surface area contributed by atoms with Gasteiger partial charge in [0, 0.05) is 5.41 Å². The number of rotatable bonds is 4. The van der Waals surface area contributed by atoms with Crippen molar-refractivity contribution in [1.29, 1.82) is 0 Å². The minimum atomic E-state index is -0.0669. The lowest BCUT2D eigenvalue weighted by atomic mass is 9.83. The summed E-state index contributed by atoms with van der Waals surface area (Å²) in [6, 6.07) is 0. The van der Waals surface area contributed by atoms with Crippen LogP contribution in [0.3, 0.4) is 0 Å². The van der Waals surface area contributed by atoms with E-state index >= 15 is 0 Å². The number of Topliss-reactive ketones (excluding diaryl/α,β-unsaturated/α-hetero) is 1. The lowest BCUT2D eigenvalue weighted by Gasteiger charge is -2.20. The third kappa shape index (κ3) is 2.64. The standard InChI is InChI=1S/C10H18O/c1-8(11)10(2,3)7-6-9-4-5-9/h9H,4-7H2,1-3H3. The van der Waals surface area contributed by atoms with Crippen LogP contribution in [0, 0.1) is 11.3 Å². The van der Waals surface area contributed by atoms with E-state index in [2.05, 4.69) is 13.8 Å². The molecule has 0 aromatic rings. The highest BCUT2D eigenvalue weighted by molar-refractivity contribution is 5.81. The van der Waals surface area contributed by atoms with Gasteiger partial charge in [0.2, 0.25) is 0 Å². The molecular formula is C10H18O. The molecule has 0 amide bonds. The highest BCUT2D eigenvalue weighted by Gasteiger charge is 2.28. The van der Waals surface area contributed by atoms with Crippen molar-refractivity contribution in [2.75, 3.05) is 0 Å². The van der Waals surface area contributed by atoms with Crippen LogP contribution in [0.15, 0.2) is 0 Å². The van der Waals surface area contributed by atoms with Gasteiger partial charge in [-0.15, -0.1) is 0 Å². The number of hydrogen-bond donors (Lipinski definition) is 0. The Hall–Kier alpha value is -0.330. The molecule has 0 aliphatic heterocycles. The summed E-state index contributed by atoms with van der Waals surface area (Å²) in [7, 11) is 0. The number of hydrogen-bond acceptors (Lipinski definition) is 1. The first kappa shape index (κ1) is 8.76. The van der Waals surface area contributed by atoms with Crippen molar-refractivity contribution in [3.8, 4) is 0 Å². The number of carbonyl (C=O) groups is 1. The first-order chi connectivity index (χ1) is 5.02. The second-order valence-corrected chi connectivity index (χ2v) is 4.42. The fraction of sp³-hybridized carbons (Fsp3) is 0.900. The summed E-state index contributed by atoms with van der Waals surface area (Å²) >= 11 is 0. The molecule has 0 heterocycles. The lowest BCUT2D eigenvalue weighted by Crippen LogP contribution is -2.21. The number of carbonyl (C=O) groups excluding carboxylic acids is 1. The van der Waals surface area contributed by atoms with Gasteiger partial charge < -0.3 is 0 Å². The van der Waals surface area contributed by atoms with Crippen molar-refractivity contribution in [1.82, 2.24) is 0 Å². The molecule has 11 heavy (non-hydrogen) atoms. The second-order valence-electron chi connectivity index (χ2n) is 4.42. The molecule has 0 aromatic carbocycles. The maximum absolute atomic E-state index is 11.1. The largest absolute Gasteiger partial charge is 0.299 e. The molecule has 1 heteroatoms. The maximum Gasteiger partial charge on any atom is 0.135 e. The number of ketones is 1. The van der Waals surface area contributed by atoms with Gasteiger partial charge in [-0.2, -0.15) is 0 Å². The third-order valence-corrected chi connectivity index (χ3v) is 2.83. The fourth-order valence-corrected chi connectivity index (χ4v) is 1.15. The monoisotopic (exact) mass is 154 g/mol. The van der Waals surface area contributed by atoms with Crippen LogP contribution in [0.25, 0.3) is 0 Å². The van der Waals surface area contributed by atoms with Crippen molar-refractivity contribution >= 4 is 5.78 Å². The van der Waals surface area contributed by atoms with Crippen LogP contribution in [-0.2, 0) is 4.79 Å². The van der Waals surface area contributed by atoms with Crippen molar-refractivity contribution in [3.63, 3.8) is 0 Å². The van der Waals surface area contributed by atoms with E-state index in [1.165, 1.54) is 19.3 Å². The Kier molecular flexibility index (Phi) is 2.36. The predicted molar refractivity (Wildman–Crippen MR) is 46.4 cm³/mol. The minimum Gasteiger partial charge on any atom is -0.299 e. The summed E-state index contributed by atoms with van der Waals surface area (Å²) < 4.78 is 0. The van der Waals surface area contributed by atoms with Gasteiger partial charge in [-0.3, -0.25) is 4.79 Å². The second kappa shape index (κ2) is 2.96. The van der Waals surface area contributed by atoms with E-state index in [4.69, 9.17) is 0 Å². The van der Waals surface area contributed by atoms with Gasteiger partial charge in [-0.25, -0.2) is 0 Å². The van der Waals surface area contributed by atoms with Crippen LogP contribution in [0.5, 0.6) is 0 Å². The smallest absolute Gasteiger partial charge is 0.135 e. The summed E-state index contributed by atoms with van der Waals surface area (Å²) in [5.41, 5.74) is -0.0669. The molecule has 0 radical (unpaired) electrons. The Balaban J connectivity index is 2.26. The first-order valence-electron chi connectivity index (χ1n) is 4.53. The fourth-order valence-electron chi connectivity index (χ4n) is 1.15. The molecule has 0 saturated heterocycles. The molecule has 0 N–H and O–H groups in total. The zero-order valence-corrected chi connectivity index (χ0v) is 7.81. The third-order valence-electron chi connectivity index (χ3n) is 2.83. The highest BCUT2D eigenvalue weighted by atomic mass is 16.1. The Bertz CT molecular complexity index is 154. The van der Waals surface area contributed by atoms with Crippen LogP contribution in [0.2, 0.25) is 0 Å². The summed E-state index contributed by atoms with van der Waals surface area (Å²) in [5.74, 6) is 1.28. The SMILES string of the molecule is CC(=O)C(C)(C)CCC1CC1. The molecule has 1 nitrogen and oxygen atoms in total. The van der Waals surface area contributed by atoms with Crippen molar-refractivity contribution in [2.24, 2.45) is 11.3 Å².